The molecule has 1 spiro atoms. The molecular weight excluding hydrogens is 302 g/mol. The number of amides is 1. The Morgan fingerprint density at radius 1 is 1.29 bits per heavy atom. The highest BCUT2D eigenvalue weighted by molar-refractivity contribution is 7.08. The van der Waals surface area contributed by atoms with E-state index >= 15 is 0 Å². The van der Waals surface area contributed by atoms with Gasteiger partial charge in [-0.05, 0) is 28.8 Å². The Hall–Kier alpha value is -1.24. The number of thiophene rings is 1. The fourth-order valence-corrected chi connectivity index (χ4v) is 4.69. The minimum Gasteiger partial charge on any atom is -0.337 e. The first kappa shape index (κ1) is 13.4. The smallest absolute Gasteiger partial charge is 0.273 e. The second kappa shape index (κ2) is 5.19. The molecule has 0 saturated carbocycles. The number of carbonyl (C=O) groups is 1. The van der Waals surface area contributed by atoms with Crippen LogP contribution in [0.2, 0.25) is 0 Å². The number of rotatable bonds is 3. The SMILES string of the molecule is O=C(c1cscn1)N1CCC2(CN(Cc3ccsc3)C2)C1. The van der Waals surface area contributed by atoms with Gasteiger partial charge in [-0.1, -0.05) is 0 Å². The molecule has 2 fully saturated rings. The maximum Gasteiger partial charge on any atom is 0.273 e. The lowest BCUT2D eigenvalue weighted by Gasteiger charge is -2.48. The first-order valence-corrected chi connectivity index (χ1v) is 9.04. The van der Waals surface area contributed by atoms with E-state index in [4.69, 9.17) is 0 Å². The predicted molar refractivity (Wildman–Crippen MR) is 84.7 cm³/mol. The average Bonchev–Trinajstić information content (AvgIpc) is 3.19. The summed E-state index contributed by atoms with van der Waals surface area (Å²) in [5.74, 6) is 0.101. The standard InChI is InChI=1S/C15H17N3OS2/c19-14(13-7-21-11-16-13)18-3-2-15(10-18)8-17(9-15)5-12-1-4-20-6-12/h1,4,6-7,11H,2-3,5,8-10H2. The van der Waals surface area contributed by atoms with Crippen molar-refractivity contribution in [3.63, 3.8) is 0 Å². The molecule has 6 heteroatoms. The summed E-state index contributed by atoms with van der Waals surface area (Å²) in [4.78, 5) is 20.9. The fraction of sp³-hybridized carbons (Fsp3) is 0.467. The van der Waals surface area contributed by atoms with Gasteiger partial charge in [0.1, 0.15) is 5.69 Å². The lowest BCUT2D eigenvalue weighted by atomic mass is 9.79. The van der Waals surface area contributed by atoms with Crippen molar-refractivity contribution in [3.05, 3.63) is 39.0 Å². The van der Waals surface area contributed by atoms with Crippen LogP contribution in [0.5, 0.6) is 0 Å². The molecule has 4 nitrogen and oxygen atoms in total. The van der Waals surface area contributed by atoms with Crippen molar-refractivity contribution in [1.29, 1.82) is 0 Å². The van der Waals surface area contributed by atoms with Crippen LogP contribution in [0.1, 0.15) is 22.5 Å². The Morgan fingerprint density at radius 3 is 2.90 bits per heavy atom. The van der Waals surface area contributed by atoms with Gasteiger partial charge < -0.3 is 4.90 Å². The Labute approximate surface area is 132 Å². The molecule has 0 radical (unpaired) electrons. The van der Waals surface area contributed by atoms with Gasteiger partial charge in [-0.15, -0.1) is 11.3 Å². The van der Waals surface area contributed by atoms with E-state index in [0.717, 1.165) is 39.1 Å². The number of aromatic nitrogens is 1. The Kier molecular flexibility index (Phi) is 3.32. The number of carbonyl (C=O) groups excluding carboxylic acids is 1. The first-order chi connectivity index (χ1) is 10.2. The molecule has 0 unspecified atom stereocenters. The van der Waals surface area contributed by atoms with E-state index in [1.54, 1.807) is 16.8 Å². The molecule has 1 amide bonds. The second-order valence-corrected chi connectivity index (χ2v) is 7.63. The zero-order chi connectivity index (χ0) is 14.3. The van der Waals surface area contributed by atoms with Crippen LogP contribution in [-0.4, -0.2) is 46.9 Å². The molecule has 0 bridgehead atoms. The summed E-state index contributed by atoms with van der Waals surface area (Å²) < 4.78 is 0. The zero-order valence-electron chi connectivity index (χ0n) is 11.7. The molecule has 0 aliphatic carbocycles. The molecule has 2 aliphatic rings. The fourth-order valence-electron chi connectivity index (χ4n) is 3.50. The third kappa shape index (κ3) is 2.52. The van der Waals surface area contributed by atoms with Crippen LogP contribution < -0.4 is 0 Å². The monoisotopic (exact) mass is 319 g/mol. The van der Waals surface area contributed by atoms with Crippen LogP contribution in [0.3, 0.4) is 0 Å². The van der Waals surface area contributed by atoms with Crippen molar-refractivity contribution < 1.29 is 4.79 Å². The molecule has 2 aliphatic heterocycles. The third-order valence-electron chi connectivity index (χ3n) is 4.48. The molecule has 4 heterocycles. The van der Waals surface area contributed by atoms with E-state index in [1.165, 1.54) is 16.9 Å². The minimum absolute atomic E-state index is 0.101. The van der Waals surface area contributed by atoms with Gasteiger partial charge in [0.15, 0.2) is 0 Å². The van der Waals surface area contributed by atoms with Crippen LogP contribution in [0, 0.1) is 5.41 Å². The molecule has 2 aromatic heterocycles. The maximum atomic E-state index is 12.3. The molecule has 4 rings (SSSR count). The Balaban J connectivity index is 1.34. The highest BCUT2D eigenvalue weighted by Gasteiger charge is 2.48. The lowest BCUT2D eigenvalue weighted by Crippen LogP contribution is -2.57. The molecule has 0 N–H and O–H groups in total. The largest absolute Gasteiger partial charge is 0.337 e. The van der Waals surface area contributed by atoms with Crippen molar-refractivity contribution in [3.8, 4) is 0 Å². The highest BCUT2D eigenvalue weighted by Crippen LogP contribution is 2.40. The number of nitrogens with zero attached hydrogens (tertiary/aromatic N) is 3. The number of likely N-dealkylation sites (tertiary alicyclic amines) is 2. The van der Waals surface area contributed by atoms with Crippen LogP contribution in [-0.2, 0) is 6.54 Å². The van der Waals surface area contributed by atoms with Crippen molar-refractivity contribution in [2.75, 3.05) is 26.2 Å². The van der Waals surface area contributed by atoms with E-state index in [-0.39, 0.29) is 5.91 Å². The summed E-state index contributed by atoms with van der Waals surface area (Å²) in [6, 6.07) is 2.20. The minimum atomic E-state index is 0.101. The maximum absolute atomic E-state index is 12.3. The van der Waals surface area contributed by atoms with Crippen molar-refractivity contribution in [1.82, 2.24) is 14.8 Å². The van der Waals surface area contributed by atoms with Gasteiger partial charge in [0, 0.05) is 43.5 Å². The van der Waals surface area contributed by atoms with Crippen LogP contribution in [0.25, 0.3) is 0 Å². The summed E-state index contributed by atoms with van der Waals surface area (Å²) in [6.45, 7) is 5.05. The van der Waals surface area contributed by atoms with Gasteiger partial charge >= 0.3 is 0 Å². The van der Waals surface area contributed by atoms with Gasteiger partial charge in [-0.3, -0.25) is 9.69 Å². The van der Waals surface area contributed by atoms with Gasteiger partial charge in [-0.2, -0.15) is 11.3 Å². The van der Waals surface area contributed by atoms with Crippen LogP contribution in [0.4, 0.5) is 0 Å². The molecule has 0 atom stereocenters. The Bertz CT molecular complexity index is 617. The summed E-state index contributed by atoms with van der Waals surface area (Å²) in [5.41, 5.74) is 4.07. The summed E-state index contributed by atoms with van der Waals surface area (Å²) >= 11 is 3.24. The summed E-state index contributed by atoms with van der Waals surface area (Å²) in [5, 5.41) is 6.20. The second-order valence-electron chi connectivity index (χ2n) is 6.13. The molecule has 0 aromatic carbocycles. The summed E-state index contributed by atoms with van der Waals surface area (Å²) in [6.07, 6.45) is 1.13. The molecule has 21 heavy (non-hydrogen) atoms. The van der Waals surface area contributed by atoms with Gasteiger partial charge in [0.25, 0.3) is 5.91 Å². The summed E-state index contributed by atoms with van der Waals surface area (Å²) in [7, 11) is 0. The van der Waals surface area contributed by atoms with Crippen molar-refractivity contribution in [2.45, 2.75) is 13.0 Å². The average molecular weight is 319 g/mol. The highest BCUT2D eigenvalue weighted by atomic mass is 32.1. The van der Waals surface area contributed by atoms with E-state index in [9.17, 15) is 4.79 Å². The zero-order valence-corrected chi connectivity index (χ0v) is 13.3. The van der Waals surface area contributed by atoms with Gasteiger partial charge in [0.05, 0.1) is 5.51 Å². The first-order valence-electron chi connectivity index (χ1n) is 7.15. The van der Waals surface area contributed by atoms with Gasteiger partial charge in [0.2, 0.25) is 0 Å². The topological polar surface area (TPSA) is 36.4 Å². The van der Waals surface area contributed by atoms with Crippen molar-refractivity contribution >= 4 is 28.6 Å². The Morgan fingerprint density at radius 2 is 2.19 bits per heavy atom. The van der Waals surface area contributed by atoms with E-state index in [1.807, 2.05) is 10.3 Å². The molecule has 2 saturated heterocycles. The van der Waals surface area contributed by atoms with E-state index in [2.05, 4.69) is 26.7 Å². The molecule has 2 aromatic rings. The lowest BCUT2D eigenvalue weighted by molar-refractivity contribution is 0.00264. The van der Waals surface area contributed by atoms with E-state index < -0.39 is 0 Å². The molecular formula is C15H17N3OS2. The predicted octanol–water partition coefficient (Wildman–Crippen LogP) is 2.55. The van der Waals surface area contributed by atoms with Crippen LogP contribution >= 0.6 is 22.7 Å². The van der Waals surface area contributed by atoms with Crippen molar-refractivity contribution in [2.24, 2.45) is 5.41 Å². The number of hydrogen-bond acceptors (Lipinski definition) is 5. The number of hydrogen-bond donors (Lipinski definition) is 0. The quantitative estimate of drug-likeness (QED) is 0.872. The molecule has 110 valence electrons. The third-order valence-corrected chi connectivity index (χ3v) is 5.80. The van der Waals surface area contributed by atoms with Crippen LogP contribution in [0.15, 0.2) is 27.7 Å². The number of thiazole rings is 1. The normalized spacial score (nSPS) is 20.9. The van der Waals surface area contributed by atoms with Gasteiger partial charge in [-0.25, -0.2) is 4.98 Å². The van der Waals surface area contributed by atoms with E-state index in [0.29, 0.717) is 11.1 Å².